The Hall–Kier alpha value is -2.11. The summed E-state index contributed by atoms with van der Waals surface area (Å²) >= 11 is 0. The van der Waals surface area contributed by atoms with Crippen LogP contribution in [0.25, 0.3) is 0 Å². The van der Waals surface area contributed by atoms with E-state index in [-0.39, 0.29) is 0 Å². The second-order valence-corrected chi connectivity index (χ2v) is 6.15. The molecule has 0 saturated heterocycles. The van der Waals surface area contributed by atoms with Crippen LogP contribution in [0.15, 0.2) is 18.2 Å². The van der Waals surface area contributed by atoms with Gasteiger partial charge in [0.2, 0.25) is 0 Å². The van der Waals surface area contributed by atoms with Gasteiger partial charge in [-0.05, 0) is 58.4 Å². The molecule has 0 fully saturated rings. The van der Waals surface area contributed by atoms with Crippen molar-refractivity contribution in [1.82, 2.24) is 5.32 Å². The van der Waals surface area contributed by atoms with Crippen molar-refractivity contribution in [3.8, 4) is 0 Å². The van der Waals surface area contributed by atoms with Gasteiger partial charge in [-0.25, -0.2) is 9.18 Å². The highest BCUT2D eigenvalue weighted by Crippen LogP contribution is 2.30. The number of urea groups is 1. The summed E-state index contributed by atoms with van der Waals surface area (Å²) in [5.41, 5.74) is -1.17. The summed E-state index contributed by atoms with van der Waals surface area (Å²) in [6.45, 7) is 8.02. The van der Waals surface area contributed by atoms with Crippen LogP contribution in [0, 0.1) is 18.2 Å². The van der Waals surface area contributed by atoms with Gasteiger partial charge in [0.05, 0.1) is 11.0 Å². The van der Waals surface area contributed by atoms with Gasteiger partial charge in [-0.3, -0.25) is 4.79 Å². The van der Waals surface area contributed by atoms with Crippen LogP contribution in [0.2, 0.25) is 0 Å². The second-order valence-electron chi connectivity index (χ2n) is 6.15. The number of halogens is 1. The number of hydrogen-bond acceptors (Lipinski definition) is 2. The highest BCUT2D eigenvalue weighted by atomic mass is 19.1. The molecule has 0 heterocycles. The second kappa shape index (κ2) is 5.71. The topological polar surface area (TPSA) is 78.4 Å². The molecule has 1 aromatic carbocycles. The van der Waals surface area contributed by atoms with E-state index in [9.17, 15) is 19.1 Å². The molecule has 5 nitrogen and oxygen atoms in total. The Kier molecular flexibility index (Phi) is 4.61. The fraction of sp³-hybridized carbons (Fsp3) is 0.467. The Morgan fingerprint density at radius 1 is 1.14 bits per heavy atom. The molecular weight excluding hydrogens is 275 g/mol. The van der Waals surface area contributed by atoms with E-state index >= 15 is 0 Å². The van der Waals surface area contributed by atoms with E-state index in [1.54, 1.807) is 26.8 Å². The van der Waals surface area contributed by atoms with E-state index in [0.29, 0.717) is 11.3 Å². The number of aryl methyl sites for hydroxylation is 1. The lowest BCUT2D eigenvalue weighted by Gasteiger charge is -2.38. The third kappa shape index (κ3) is 3.93. The van der Waals surface area contributed by atoms with E-state index < -0.39 is 28.8 Å². The molecule has 0 saturated carbocycles. The van der Waals surface area contributed by atoms with Crippen LogP contribution in [0.3, 0.4) is 0 Å². The average molecular weight is 296 g/mol. The molecule has 1 rings (SSSR count). The number of hydrogen-bond donors (Lipinski definition) is 3. The summed E-state index contributed by atoms with van der Waals surface area (Å²) in [5, 5.41) is 14.4. The molecule has 0 aromatic heterocycles. The molecular formula is C15H21FN2O3. The maximum absolute atomic E-state index is 13.3. The Morgan fingerprint density at radius 2 is 1.71 bits per heavy atom. The highest BCUT2D eigenvalue weighted by molar-refractivity contribution is 5.90. The van der Waals surface area contributed by atoms with Crippen LogP contribution < -0.4 is 10.6 Å². The minimum absolute atomic E-state index is 0.314. The van der Waals surface area contributed by atoms with Crippen molar-refractivity contribution in [2.75, 3.05) is 5.32 Å². The summed E-state index contributed by atoms with van der Waals surface area (Å²) in [4.78, 5) is 23.3. The third-order valence-corrected chi connectivity index (χ3v) is 3.82. The molecule has 3 N–H and O–H groups in total. The van der Waals surface area contributed by atoms with E-state index in [0.717, 1.165) is 0 Å². The minimum atomic E-state index is -1.16. The van der Waals surface area contributed by atoms with E-state index in [4.69, 9.17) is 0 Å². The van der Waals surface area contributed by atoms with Crippen LogP contribution in [0.5, 0.6) is 0 Å². The summed E-state index contributed by atoms with van der Waals surface area (Å²) in [6.07, 6.45) is 0. The van der Waals surface area contributed by atoms with E-state index in [2.05, 4.69) is 10.6 Å². The molecule has 0 aliphatic rings. The van der Waals surface area contributed by atoms with Gasteiger partial charge in [0.25, 0.3) is 0 Å². The van der Waals surface area contributed by atoms with Gasteiger partial charge in [0.15, 0.2) is 0 Å². The number of carbonyl (C=O) groups is 2. The zero-order valence-corrected chi connectivity index (χ0v) is 12.9. The Morgan fingerprint density at radius 3 is 2.19 bits per heavy atom. The predicted octanol–water partition coefficient (Wildman–Crippen LogP) is 3.15. The summed E-state index contributed by atoms with van der Waals surface area (Å²) in [6, 6.07) is 3.58. The van der Waals surface area contributed by atoms with Gasteiger partial charge >= 0.3 is 12.0 Å². The molecule has 0 atom stereocenters. The van der Waals surface area contributed by atoms with Gasteiger partial charge in [-0.1, -0.05) is 0 Å². The van der Waals surface area contributed by atoms with Crippen molar-refractivity contribution in [3.63, 3.8) is 0 Å². The van der Waals surface area contributed by atoms with Crippen molar-refractivity contribution in [2.24, 2.45) is 5.41 Å². The number of carboxylic acid groups (broad SMARTS) is 1. The number of nitrogens with one attached hydrogen (secondary N) is 2. The van der Waals surface area contributed by atoms with Crippen LogP contribution in [-0.2, 0) is 4.79 Å². The molecule has 0 bridgehead atoms. The van der Waals surface area contributed by atoms with E-state index in [1.807, 2.05) is 0 Å². The first-order chi connectivity index (χ1) is 9.45. The fourth-order valence-corrected chi connectivity index (χ4v) is 1.68. The van der Waals surface area contributed by atoms with Crippen LogP contribution in [0.4, 0.5) is 14.9 Å². The highest BCUT2D eigenvalue weighted by Gasteiger charge is 2.44. The van der Waals surface area contributed by atoms with Crippen LogP contribution >= 0.6 is 0 Å². The first-order valence-corrected chi connectivity index (χ1v) is 6.55. The Bertz CT molecular complexity index is 548. The monoisotopic (exact) mass is 296 g/mol. The molecule has 6 heteroatoms. The molecule has 0 spiro atoms. The minimum Gasteiger partial charge on any atom is -0.481 e. The molecule has 0 radical (unpaired) electrons. The summed E-state index contributed by atoms with van der Waals surface area (Å²) in [5.74, 6) is -1.47. The molecule has 0 aliphatic heterocycles. The SMILES string of the molecule is Cc1cc(F)cc(NC(=O)NC(C)(C)C(C)(C)C(=O)O)c1. The smallest absolute Gasteiger partial charge is 0.319 e. The zero-order valence-electron chi connectivity index (χ0n) is 12.9. The summed E-state index contributed by atoms with van der Waals surface area (Å²) < 4.78 is 13.3. The maximum Gasteiger partial charge on any atom is 0.319 e. The molecule has 116 valence electrons. The van der Waals surface area contributed by atoms with Crippen molar-refractivity contribution >= 4 is 17.7 Å². The lowest BCUT2D eigenvalue weighted by Crippen LogP contribution is -2.57. The van der Waals surface area contributed by atoms with Crippen LogP contribution in [-0.4, -0.2) is 22.6 Å². The lowest BCUT2D eigenvalue weighted by molar-refractivity contribution is -0.150. The largest absolute Gasteiger partial charge is 0.481 e. The van der Waals surface area contributed by atoms with Crippen molar-refractivity contribution in [3.05, 3.63) is 29.6 Å². The quantitative estimate of drug-likeness (QED) is 0.798. The average Bonchev–Trinajstić information content (AvgIpc) is 2.25. The predicted molar refractivity (Wildman–Crippen MR) is 78.8 cm³/mol. The maximum atomic E-state index is 13.3. The van der Waals surface area contributed by atoms with Gasteiger partial charge in [0.1, 0.15) is 5.82 Å². The molecule has 0 aliphatic carbocycles. The first kappa shape index (κ1) is 16.9. The molecule has 2 amide bonds. The van der Waals surface area contributed by atoms with Gasteiger partial charge in [-0.2, -0.15) is 0 Å². The fourth-order valence-electron chi connectivity index (χ4n) is 1.68. The molecule has 0 unspecified atom stereocenters. The van der Waals surface area contributed by atoms with Crippen molar-refractivity contribution in [2.45, 2.75) is 40.2 Å². The summed E-state index contributed by atoms with van der Waals surface area (Å²) in [7, 11) is 0. The number of anilines is 1. The normalized spacial score (nSPS) is 11.9. The van der Waals surface area contributed by atoms with Crippen molar-refractivity contribution in [1.29, 1.82) is 0 Å². The first-order valence-electron chi connectivity index (χ1n) is 6.55. The van der Waals surface area contributed by atoms with Gasteiger partial charge in [0, 0.05) is 5.69 Å². The number of carbonyl (C=O) groups excluding carboxylic acids is 1. The van der Waals surface area contributed by atoms with Gasteiger partial charge in [-0.15, -0.1) is 0 Å². The Balaban J connectivity index is 2.84. The third-order valence-electron chi connectivity index (χ3n) is 3.82. The number of aliphatic carboxylic acids is 1. The standard InChI is InChI=1S/C15H21FN2O3/c1-9-6-10(16)8-11(7-9)17-13(21)18-15(4,5)14(2,3)12(19)20/h6-8H,1-5H3,(H,19,20)(H2,17,18,21). The number of carboxylic acids is 1. The van der Waals surface area contributed by atoms with Crippen LogP contribution in [0.1, 0.15) is 33.3 Å². The number of benzene rings is 1. The number of rotatable bonds is 4. The number of amides is 2. The molecule has 21 heavy (non-hydrogen) atoms. The van der Waals surface area contributed by atoms with E-state index in [1.165, 1.54) is 26.0 Å². The lowest BCUT2D eigenvalue weighted by atomic mass is 9.74. The Labute approximate surface area is 123 Å². The van der Waals surface area contributed by atoms with Gasteiger partial charge < -0.3 is 15.7 Å². The zero-order chi connectivity index (χ0) is 16.4. The molecule has 1 aromatic rings. The van der Waals surface area contributed by atoms with Crippen molar-refractivity contribution < 1.29 is 19.1 Å².